The Morgan fingerprint density at radius 2 is 2.00 bits per heavy atom. The maximum Gasteiger partial charge on any atom is 0.307 e. The Balaban J connectivity index is 2.06. The number of aliphatic carboxylic acids is 1. The number of hydrogen-bond donors (Lipinski definition) is 1. The van der Waals surface area contributed by atoms with Gasteiger partial charge in [0.25, 0.3) is 0 Å². The number of carboxylic acid groups (broad SMARTS) is 1. The number of halogens is 1. The molecule has 2 atom stereocenters. The van der Waals surface area contributed by atoms with Crippen molar-refractivity contribution in [3.63, 3.8) is 0 Å². The van der Waals surface area contributed by atoms with Crippen LogP contribution in [0.4, 0.5) is 0 Å². The number of Topliss-reactive ketones (excluding diaryl/α,β-unsaturated/α-hetero) is 1. The van der Waals surface area contributed by atoms with Crippen LogP contribution < -0.4 is 0 Å². The topological polar surface area (TPSA) is 57.6 Å². The van der Waals surface area contributed by atoms with Gasteiger partial charge < -0.3 is 5.11 Å². The summed E-state index contributed by atoms with van der Waals surface area (Å²) >= 11 is 5.81. The second-order valence-electron chi connectivity index (χ2n) is 5.22. The van der Waals surface area contributed by atoms with E-state index in [2.05, 4.69) is 0 Å². The second-order valence-corrected chi connectivity index (χ2v) is 5.66. The van der Waals surface area contributed by atoms with Crippen LogP contribution in [-0.4, -0.2) is 40.9 Å². The van der Waals surface area contributed by atoms with E-state index in [1.54, 1.807) is 24.3 Å². The normalized spacial score (nSPS) is 21.4. The molecular formula is C15H18ClNO3. The molecule has 1 N–H and O–H groups in total. The molecule has 0 aliphatic carbocycles. The van der Waals surface area contributed by atoms with Crippen molar-refractivity contribution in [1.82, 2.24) is 4.90 Å². The zero-order chi connectivity index (χ0) is 14.7. The molecule has 1 aromatic carbocycles. The van der Waals surface area contributed by atoms with E-state index in [9.17, 15) is 9.59 Å². The molecule has 1 heterocycles. The SMILES string of the molecule is CC(C(=O)c1ccc(Cl)cc1)N1CCCC(C(=O)O)C1. The number of carbonyl (C=O) groups excluding carboxylic acids is 1. The standard InChI is InChI=1S/C15H18ClNO3/c1-10(14(18)11-4-6-13(16)7-5-11)17-8-2-3-12(9-17)15(19)20/h4-7,10,12H,2-3,8-9H2,1H3,(H,19,20). The van der Waals surface area contributed by atoms with E-state index in [1.165, 1.54) is 0 Å². The maximum atomic E-state index is 12.4. The number of carbonyl (C=O) groups is 2. The first-order chi connectivity index (χ1) is 9.49. The van der Waals surface area contributed by atoms with Crippen molar-refractivity contribution in [1.29, 1.82) is 0 Å². The average molecular weight is 296 g/mol. The minimum atomic E-state index is -0.777. The fourth-order valence-corrected chi connectivity index (χ4v) is 2.71. The van der Waals surface area contributed by atoms with E-state index in [0.717, 1.165) is 13.0 Å². The molecule has 0 amide bonds. The van der Waals surface area contributed by atoms with Crippen LogP contribution in [0.2, 0.25) is 5.02 Å². The number of benzene rings is 1. The molecule has 2 rings (SSSR count). The van der Waals surface area contributed by atoms with Gasteiger partial charge in [-0.15, -0.1) is 0 Å². The molecule has 1 aliphatic heterocycles. The third-order valence-corrected chi connectivity index (χ3v) is 4.11. The summed E-state index contributed by atoms with van der Waals surface area (Å²) in [6.45, 7) is 3.04. The van der Waals surface area contributed by atoms with Crippen molar-refractivity contribution in [3.05, 3.63) is 34.9 Å². The van der Waals surface area contributed by atoms with Gasteiger partial charge in [-0.05, 0) is 50.6 Å². The summed E-state index contributed by atoms with van der Waals surface area (Å²) in [5, 5.41) is 9.69. The Hall–Kier alpha value is -1.39. The van der Waals surface area contributed by atoms with Crippen LogP contribution in [0.3, 0.4) is 0 Å². The third-order valence-electron chi connectivity index (χ3n) is 3.86. The van der Waals surface area contributed by atoms with Gasteiger partial charge in [0.15, 0.2) is 5.78 Å². The van der Waals surface area contributed by atoms with Gasteiger partial charge in [-0.2, -0.15) is 0 Å². The Morgan fingerprint density at radius 1 is 1.35 bits per heavy atom. The van der Waals surface area contributed by atoms with Gasteiger partial charge in [0.1, 0.15) is 0 Å². The monoisotopic (exact) mass is 295 g/mol. The molecule has 1 aromatic rings. The lowest BCUT2D eigenvalue weighted by Crippen LogP contribution is -2.46. The summed E-state index contributed by atoms with van der Waals surface area (Å²) in [5.41, 5.74) is 0.611. The summed E-state index contributed by atoms with van der Waals surface area (Å²) in [7, 11) is 0. The highest BCUT2D eigenvalue weighted by Crippen LogP contribution is 2.21. The molecule has 0 saturated carbocycles. The maximum absolute atomic E-state index is 12.4. The summed E-state index contributed by atoms with van der Waals surface area (Å²) in [4.78, 5) is 25.4. The van der Waals surface area contributed by atoms with Crippen LogP contribution in [-0.2, 0) is 4.79 Å². The van der Waals surface area contributed by atoms with Crippen LogP contribution in [0.5, 0.6) is 0 Å². The molecule has 1 saturated heterocycles. The lowest BCUT2D eigenvalue weighted by atomic mass is 9.95. The van der Waals surface area contributed by atoms with E-state index < -0.39 is 5.97 Å². The minimum Gasteiger partial charge on any atom is -0.481 e. The summed E-state index contributed by atoms with van der Waals surface area (Å²) in [5.74, 6) is -1.14. The molecule has 0 spiro atoms. The molecule has 0 radical (unpaired) electrons. The highest BCUT2D eigenvalue weighted by molar-refractivity contribution is 6.30. The van der Waals surface area contributed by atoms with Crippen molar-refractivity contribution in [2.24, 2.45) is 5.92 Å². The van der Waals surface area contributed by atoms with Crippen LogP contribution >= 0.6 is 11.6 Å². The Labute approximate surface area is 123 Å². The number of rotatable bonds is 4. The van der Waals surface area contributed by atoms with Gasteiger partial charge in [-0.3, -0.25) is 14.5 Å². The molecule has 20 heavy (non-hydrogen) atoms. The number of ketones is 1. The lowest BCUT2D eigenvalue weighted by molar-refractivity contribution is -0.143. The first-order valence-electron chi connectivity index (χ1n) is 6.75. The molecule has 0 bridgehead atoms. The smallest absolute Gasteiger partial charge is 0.307 e. The highest BCUT2D eigenvalue weighted by atomic mass is 35.5. The van der Waals surface area contributed by atoms with Crippen LogP contribution in [0, 0.1) is 5.92 Å². The van der Waals surface area contributed by atoms with Crippen molar-refractivity contribution in [2.45, 2.75) is 25.8 Å². The molecule has 5 heteroatoms. The minimum absolute atomic E-state index is 0.00713. The van der Waals surface area contributed by atoms with E-state index in [-0.39, 0.29) is 17.7 Å². The van der Waals surface area contributed by atoms with Gasteiger partial charge in [0.2, 0.25) is 0 Å². The summed E-state index contributed by atoms with van der Waals surface area (Å²) < 4.78 is 0. The van der Waals surface area contributed by atoms with Gasteiger partial charge >= 0.3 is 5.97 Å². The predicted molar refractivity (Wildman–Crippen MR) is 77.2 cm³/mol. The molecule has 108 valence electrons. The molecule has 4 nitrogen and oxygen atoms in total. The van der Waals surface area contributed by atoms with Gasteiger partial charge in [0.05, 0.1) is 12.0 Å². The first-order valence-corrected chi connectivity index (χ1v) is 7.13. The molecule has 1 fully saturated rings. The lowest BCUT2D eigenvalue weighted by Gasteiger charge is -2.34. The zero-order valence-corrected chi connectivity index (χ0v) is 12.1. The van der Waals surface area contributed by atoms with Crippen molar-refractivity contribution >= 4 is 23.4 Å². The van der Waals surface area contributed by atoms with Gasteiger partial charge in [-0.1, -0.05) is 11.6 Å². The Kier molecular flexibility index (Phi) is 4.78. The summed E-state index contributed by atoms with van der Waals surface area (Å²) in [6, 6.07) is 6.49. The molecule has 1 aliphatic rings. The number of carboxylic acids is 1. The first kappa shape index (κ1) is 15.0. The third kappa shape index (κ3) is 3.38. The van der Waals surface area contributed by atoms with E-state index in [4.69, 9.17) is 16.7 Å². The molecule has 2 unspecified atom stereocenters. The van der Waals surface area contributed by atoms with Crippen LogP contribution in [0.25, 0.3) is 0 Å². The predicted octanol–water partition coefficient (Wildman–Crippen LogP) is 2.71. The quantitative estimate of drug-likeness (QED) is 0.868. The number of nitrogens with zero attached hydrogens (tertiary/aromatic N) is 1. The van der Waals surface area contributed by atoms with Gasteiger partial charge in [-0.25, -0.2) is 0 Å². The highest BCUT2D eigenvalue weighted by Gasteiger charge is 2.30. The Morgan fingerprint density at radius 3 is 2.60 bits per heavy atom. The van der Waals surface area contributed by atoms with Crippen LogP contribution in [0.1, 0.15) is 30.1 Å². The Bertz CT molecular complexity index is 500. The van der Waals surface area contributed by atoms with Gasteiger partial charge in [0, 0.05) is 17.1 Å². The summed E-state index contributed by atoms with van der Waals surface area (Å²) in [6.07, 6.45) is 1.50. The van der Waals surface area contributed by atoms with E-state index in [0.29, 0.717) is 23.6 Å². The van der Waals surface area contributed by atoms with E-state index >= 15 is 0 Å². The number of hydrogen-bond acceptors (Lipinski definition) is 3. The zero-order valence-electron chi connectivity index (χ0n) is 11.4. The van der Waals surface area contributed by atoms with Crippen LogP contribution in [0.15, 0.2) is 24.3 Å². The second kappa shape index (κ2) is 6.37. The van der Waals surface area contributed by atoms with Crippen molar-refractivity contribution in [3.8, 4) is 0 Å². The largest absolute Gasteiger partial charge is 0.481 e. The van der Waals surface area contributed by atoms with Crippen molar-refractivity contribution < 1.29 is 14.7 Å². The van der Waals surface area contributed by atoms with Crippen molar-refractivity contribution in [2.75, 3.05) is 13.1 Å². The fourth-order valence-electron chi connectivity index (χ4n) is 2.58. The molecular weight excluding hydrogens is 278 g/mol. The number of likely N-dealkylation sites (tertiary alicyclic amines) is 1. The number of piperidine rings is 1. The molecule has 0 aromatic heterocycles. The fraction of sp³-hybridized carbons (Fsp3) is 0.467. The van der Waals surface area contributed by atoms with E-state index in [1.807, 2.05) is 11.8 Å². The average Bonchev–Trinajstić information content (AvgIpc) is 2.46.